The Bertz CT molecular complexity index is 511. The van der Waals surface area contributed by atoms with E-state index < -0.39 is 0 Å². The second-order valence-electron chi connectivity index (χ2n) is 7.37. The standard InChI is InChI=1S/C19H31N3OS/c1-19(2,22-12-10-16(11-13-22)21(3)4)15-20-18(23)14-24-17-8-6-5-7-9-17/h5-9,16H,10-15H2,1-4H3,(H,20,23). The summed E-state index contributed by atoms with van der Waals surface area (Å²) in [6.45, 7) is 7.37. The first-order chi connectivity index (χ1) is 11.4. The summed E-state index contributed by atoms with van der Waals surface area (Å²) in [6, 6.07) is 10.8. The predicted molar refractivity (Wildman–Crippen MR) is 103 cm³/mol. The summed E-state index contributed by atoms with van der Waals surface area (Å²) in [7, 11) is 4.33. The van der Waals surface area contributed by atoms with E-state index in [1.165, 1.54) is 12.8 Å². The van der Waals surface area contributed by atoms with Crippen molar-refractivity contribution in [3.05, 3.63) is 30.3 Å². The largest absolute Gasteiger partial charge is 0.354 e. The van der Waals surface area contributed by atoms with Crippen LogP contribution in [0, 0.1) is 0 Å². The minimum atomic E-state index is 0.00432. The Kier molecular flexibility index (Phi) is 7.14. The van der Waals surface area contributed by atoms with E-state index in [9.17, 15) is 4.79 Å². The van der Waals surface area contributed by atoms with Gasteiger partial charge in [0.15, 0.2) is 0 Å². The molecule has 1 N–H and O–H groups in total. The zero-order chi connectivity index (χ0) is 17.6. The number of thioether (sulfide) groups is 1. The minimum Gasteiger partial charge on any atom is -0.354 e. The van der Waals surface area contributed by atoms with Crippen molar-refractivity contribution in [1.82, 2.24) is 15.1 Å². The Morgan fingerprint density at radius 2 is 1.88 bits per heavy atom. The molecule has 1 fully saturated rings. The van der Waals surface area contributed by atoms with Gasteiger partial charge in [0.1, 0.15) is 0 Å². The Labute approximate surface area is 151 Å². The van der Waals surface area contributed by atoms with Gasteiger partial charge in [0.05, 0.1) is 5.75 Å². The number of rotatable bonds is 7. The molecule has 0 unspecified atom stereocenters. The maximum atomic E-state index is 12.1. The number of nitrogens with one attached hydrogen (secondary N) is 1. The van der Waals surface area contributed by atoms with Crippen LogP contribution in [-0.2, 0) is 4.79 Å². The summed E-state index contributed by atoms with van der Waals surface area (Å²) < 4.78 is 0. The highest BCUT2D eigenvalue weighted by Gasteiger charge is 2.31. The highest BCUT2D eigenvalue weighted by atomic mass is 32.2. The van der Waals surface area contributed by atoms with Crippen molar-refractivity contribution in [3.63, 3.8) is 0 Å². The topological polar surface area (TPSA) is 35.6 Å². The van der Waals surface area contributed by atoms with Crippen LogP contribution in [0.15, 0.2) is 35.2 Å². The van der Waals surface area contributed by atoms with E-state index in [0.29, 0.717) is 18.3 Å². The maximum Gasteiger partial charge on any atom is 0.230 e. The van der Waals surface area contributed by atoms with Crippen molar-refractivity contribution in [2.24, 2.45) is 0 Å². The van der Waals surface area contributed by atoms with Crippen LogP contribution in [-0.4, -0.2) is 66.8 Å². The second-order valence-corrected chi connectivity index (χ2v) is 8.42. The fraction of sp³-hybridized carbons (Fsp3) is 0.632. The summed E-state index contributed by atoms with van der Waals surface area (Å²) in [5.41, 5.74) is 0.00432. The van der Waals surface area contributed by atoms with E-state index >= 15 is 0 Å². The van der Waals surface area contributed by atoms with Crippen molar-refractivity contribution in [1.29, 1.82) is 0 Å². The Hall–Kier alpha value is -1.04. The molecule has 134 valence electrons. The van der Waals surface area contributed by atoms with E-state index in [-0.39, 0.29) is 11.4 Å². The van der Waals surface area contributed by atoms with Gasteiger partial charge in [-0.3, -0.25) is 9.69 Å². The van der Waals surface area contributed by atoms with Gasteiger partial charge in [-0.2, -0.15) is 0 Å². The number of nitrogens with zero attached hydrogens (tertiary/aromatic N) is 2. The van der Waals surface area contributed by atoms with Gasteiger partial charge in [0.2, 0.25) is 5.91 Å². The number of benzene rings is 1. The van der Waals surface area contributed by atoms with Crippen LogP contribution in [0.2, 0.25) is 0 Å². The van der Waals surface area contributed by atoms with Gasteiger partial charge in [0, 0.05) is 36.1 Å². The molecule has 0 aromatic heterocycles. The molecule has 0 radical (unpaired) electrons. The molecule has 0 saturated carbocycles. The van der Waals surface area contributed by atoms with Crippen molar-refractivity contribution >= 4 is 17.7 Å². The van der Waals surface area contributed by atoms with E-state index in [1.807, 2.05) is 30.3 Å². The lowest BCUT2D eigenvalue weighted by Crippen LogP contribution is -2.56. The van der Waals surface area contributed by atoms with Gasteiger partial charge in [-0.1, -0.05) is 18.2 Å². The van der Waals surface area contributed by atoms with E-state index in [1.54, 1.807) is 11.8 Å². The third-order valence-electron chi connectivity index (χ3n) is 4.88. The minimum absolute atomic E-state index is 0.00432. The molecular weight excluding hydrogens is 318 g/mol. The number of hydrogen-bond acceptors (Lipinski definition) is 4. The van der Waals surface area contributed by atoms with Crippen molar-refractivity contribution in [2.75, 3.05) is 39.5 Å². The summed E-state index contributed by atoms with van der Waals surface area (Å²) in [6.07, 6.45) is 2.41. The average Bonchev–Trinajstić information content (AvgIpc) is 2.59. The zero-order valence-corrected chi connectivity index (χ0v) is 16.2. The first kappa shape index (κ1) is 19.3. The normalized spacial score (nSPS) is 17.2. The molecule has 2 rings (SSSR count). The number of carbonyl (C=O) groups is 1. The van der Waals surface area contributed by atoms with Gasteiger partial charge in [-0.25, -0.2) is 0 Å². The van der Waals surface area contributed by atoms with Crippen molar-refractivity contribution in [2.45, 2.75) is 43.2 Å². The highest BCUT2D eigenvalue weighted by Crippen LogP contribution is 2.22. The fourth-order valence-corrected chi connectivity index (χ4v) is 3.88. The second kappa shape index (κ2) is 8.88. The number of carbonyl (C=O) groups excluding carboxylic acids is 1. The third kappa shape index (κ3) is 5.80. The lowest BCUT2D eigenvalue weighted by molar-refractivity contribution is -0.119. The van der Waals surface area contributed by atoms with Gasteiger partial charge in [-0.15, -0.1) is 11.8 Å². The summed E-state index contributed by atoms with van der Waals surface area (Å²) >= 11 is 1.59. The maximum absolute atomic E-state index is 12.1. The molecule has 1 amide bonds. The number of amides is 1. The summed E-state index contributed by atoms with van der Waals surface area (Å²) in [5, 5.41) is 3.11. The van der Waals surface area contributed by atoms with Crippen LogP contribution in [0.3, 0.4) is 0 Å². The average molecular weight is 350 g/mol. The predicted octanol–water partition coefficient (Wildman–Crippen LogP) is 2.70. The molecular formula is C19H31N3OS. The molecule has 1 saturated heterocycles. The first-order valence-corrected chi connectivity index (χ1v) is 9.73. The lowest BCUT2D eigenvalue weighted by Gasteiger charge is -2.44. The smallest absolute Gasteiger partial charge is 0.230 e. The third-order valence-corrected chi connectivity index (χ3v) is 5.89. The zero-order valence-electron chi connectivity index (χ0n) is 15.4. The van der Waals surface area contributed by atoms with E-state index in [2.05, 4.69) is 43.1 Å². The molecule has 5 heteroatoms. The number of piperidine rings is 1. The summed E-state index contributed by atoms with van der Waals surface area (Å²) in [5.74, 6) is 0.586. The van der Waals surface area contributed by atoms with E-state index in [4.69, 9.17) is 0 Å². The summed E-state index contributed by atoms with van der Waals surface area (Å²) in [4.78, 5) is 18.1. The van der Waals surface area contributed by atoms with Crippen LogP contribution >= 0.6 is 11.8 Å². The van der Waals surface area contributed by atoms with Gasteiger partial charge in [-0.05, 0) is 52.9 Å². The van der Waals surface area contributed by atoms with Crippen molar-refractivity contribution < 1.29 is 4.79 Å². The molecule has 1 aliphatic rings. The number of likely N-dealkylation sites (tertiary alicyclic amines) is 1. The molecule has 0 spiro atoms. The molecule has 0 aliphatic carbocycles. The van der Waals surface area contributed by atoms with Gasteiger partial charge in [0.25, 0.3) is 0 Å². The van der Waals surface area contributed by atoms with Crippen LogP contribution in [0.25, 0.3) is 0 Å². The van der Waals surface area contributed by atoms with Crippen LogP contribution < -0.4 is 5.32 Å². The Morgan fingerprint density at radius 3 is 2.46 bits per heavy atom. The molecule has 24 heavy (non-hydrogen) atoms. The van der Waals surface area contributed by atoms with Crippen molar-refractivity contribution in [3.8, 4) is 0 Å². The molecule has 1 heterocycles. The highest BCUT2D eigenvalue weighted by molar-refractivity contribution is 8.00. The SMILES string of the molecule is CN(C)C1CCN(C(C)(C)CNC(=O)CSc2ccccc2)CC1. The lowest BCUT2D eigenvalue weighted by atomic mass is 9.96. The molecule has 0 atom stereocenters. The quantitative estimate of drug-likeness (QED) is 0.768. The number of hydrogen-bond donors (Lipinski definition) is 1. The van der Waals surface area contributed by atoms with Gasteiger partial charge < -0.3 is 10.2 Å². The first-order valence-electron chi connectivity index (χ1n) is 8.74. The molecule has 1 aliphatic heterocycles. The fourth-order valence-electron chi connectivity index (χ4n) is 3.13. The Balaban J connectivity index is 1.73. The molecule has 1 aromatic carbocycles. The van der Waals surface area contributed by atoms with E-state index in [0.717, 1.165) is 18.0 Å². The molecule has 0 bridgehead atoms. The monoisotopic (exact) mass is 349 g/mol. The van der Waals surface area contributed by atoms with Crippen LogP contribution in [0.4, 0.5) is 0 Å². The van der Waals surface area contributed by atoms with Gasteiger partial charge >= 0.3 is 0 Å². The Morgan fingerprint density at radius 1 is 1.25 bits per heavy atom. The molecule has 4 nitrogen and oxygen atoms in total. The molecule has 1 aromatic rings. The van der Waals surface area contributed by atoms with Crippen LogP contribution in [0.5, 0.6) is 0 Å². The van der Waals surface area contributed by atoms with Crippen LogP contribution in [0.1, 0.15) is 26.7 Å².